The highest BCUT2D eigenvalue weighted by Crippen LogP contribution is 1.81. The van der Waals surface area contributed by atoms with Crippen molar-refractivity contribution in [2.24, 2.45) is 0 Å². The van der Waals surface area contributed by atoms with Crippen LogP contribution in [-0.2, 0) is 0 Å². The minimum atomic E-state index is 0. The summed E-state index contributed by atoms with van der Waals surface area (Å²) < 4.78 is 0. The van der Waals surface area contributed by atoms with E-state index in [1.807, 2.05) is 0 Å². The molecule has 0 fully saturated rings. The Hall–Kier alpha value is 0.686. The van der Waals surface area contributed by atoms with E-state index in [4.69, 9.17) is 0 Å². The third kappa shape index (κ3) is 31.3. The lowest BCUT2D eigenvalue weighted by Gasteiger charge is -2.10. The van der Waals surface area contributed by atoms with Crippen LogP contribution in [0.15, 0.2) is 0 Å². The third-order valence-corrected chi connectivity index (χ3v) is 1.33. The Morgan fingerprint density at radius 3 is 0.600 bits per heavy atom. The van der Waals surface area contributed by atoms with Gasteiger partial charge in [-0.25, -0.2) is 0 Å². The van der Waals surface area contributed by atoms with Crippen molar-refractivity contribution in [2.75, 3.05) is 0 Å². The van der Waals surface area contributed by atoms with Crippen LogP contribution in [0, 0.1) is 0 Å². The van der Waals surface area contributed by atoms with Gasteiger partial charge in [0.2, 0.25) is 0 Å². The van der Waals surface area contributed by atoms with Gasteiger partial charge < -0.3 is 10.6 Å². The Morgan fingerprint density at radius 2 is 0.600 bits per heavy atom. The normalized spacial score (nSPS) is 10.4. The molecule has 0 saturated carbocycles. The Bertz CT molecular complexity index is 86.2. The molecular weight excluding hydrogens is 196 g/mol. The first-order valence-electron chi connectivity index (χ1n) is 5.77. The van der Waals surface area contributed by atoms with Gasteiger partial charge in [-0.05, 0) is 0 Å². The molecule has 0 unspecified atom stereocenters. The lowest BCUT2D eigenvalue weighted by Crippen LogP contribution is -2.29. The average Bonchev–Trinajstić information content (AvgIpc) is 1.79. The van der Waals surface area contributed by atoms with Gasteiger partial charge in [0.1, 0.15) is 0 Å². The molecule has 0 aliphatic carbocycles. The van der Waals surface area contributed by atoms with Crippen molar-refractivity contribution in [2.45, 2.75) is 79.6 Å². The predicted molar refractivity (Wildman–Crippen MR) is 72.6 cm³/mol. The van der Waals surface area contributed by atoms with E-state index in [-0.39, 0.29) is 23.1 Å². The fourth-order valence-corrected chi connectivity index (χ4v) is 1.33. The molecule has 0 spiro atoms. The zero-order valence-corrected chi connectivity index (χ0v) is 13.4. The van der Waals surface area contributed by atoms with Gasteiger partial charge in [0, 0.05) is 47.2 Å². The monoisotopic (exact) mass is 226 g/mol. The van der Waals surface area contributed by atoms with Gasteiger partial charge in [-0.2, -0.15) is 0 Å². The van der Waals surface area contributed by atoms with Crippen LogP contribution in [0.1, 0.15) is 55.4 Å². The molecule has 2 N–H and O–H groups in total. The van der Waals surface area contributed by atoms with E-state index in [9.17, 15) is 0 Å². The molecule has 15 heavy (non-hydrogen) atoms. The fourth-order valence-electron chi connectivity index (χ4n) is 1.33. The first-order chi connectivity index (χ1) is 6.25. The molecule has 90 valence electrons. The smallest absolute Gasteiger partial charge is 0.00127 e. The highest BCUT2D eigenvalue weighted by Gasteiger charge is 1.93. The minimum Gasteiger partial charge on any atom is -0.312 e. The highest BCUT2D eigenvalue weighted by molar-refractivity contribution is 5.75. The van der Waals surface area contributed by atoms with Crippen LogP contribution < -0.4 is 10.6 Å². The molecule has 0 atom stereocenters. The summed E-state index contributed by atoms with van der Waals surface area (Å²) >= 11 is 0. The van der Waals surface area contributed by atoms with Crippen LogP contribution in [0.3, 0.4) is 0 Å². The second-order valence-corrected chi connectivity index (χ2v) is 4.95. The zero-order chi connectivity index (χ0) is 11.7. The minimum absolute atomic E-state index is 0. The number of rotatable bonds is 4. The fraction of sp³-hybridized carbons (Fsp3) is 1.00. The molecule has 0 aromatic rings. The van der Waals surface area contributed by atoms with E-state index in [1.165, 1.54) is 0 Å². The topological polar surface area (TPSA) is 24.1 Å². The summed E-state index contributed by atoms with van der Waals surface area (Å²) in [4.78, 5) is 0. The molecule has 0 aromatic heterocycles. The van der Waals surface area contributed by atoms with E-state index < -0.39 is 0 Å². The average molecular weight is 227 g/mol. The van der Waals surface area contributed by atoms with Crippen LogP contribution in [0.2, 0.25) is 0 Å². The maximum absolute atomic E-state index is 3.31. The third-order valence-electron chi connectivity index (χ3n) is 1.33. The molecule has 0 amide bonds. The molecular formula is C12H30MgN2. The number of hydrogen-bond donors (Lipinski definition) is 2. The number of hydrogen-bond acceptors (Lipinski definition) is 2. The highest BCUT2D eigenvalue weighted by atomic mass is 24.3. The van der Waals surface area contributed by atoms with Crippen molar-refractivity contribution in [3.8, 4) is 0 Å². The van der Waals surface area contributed by atoms with Crippen LogP contribution in [0.25, 0.3) is 0 Å². The maximum Gasteiger partial charge on any atom is 0.00127 e. The summed E-state index contributed by atoms with van der Waals surface area (Å²) in [6, 6.07) is 2.50. The molecule has 0 bridgehead atoms. The molecule has 0 aliphatic rings. The Balaban J connectivity index is -0.000000180. The van der Waals surface area contributed by atoms with Crippen LogP contribution >= 0.6 is 0 Å². The van der Waals surface area contributed by atoms with E-state index >= 15 is 0 Å². The second kappa shape index (κ2) is 12.8. The molecule has 0 aromatic carbocycles. The lowest BCUT2D eigenvalue weighted by atomic mass is 10.3. The van der Waals surface area contributed by atoms with E-state index in [2.05, 4.69) is 66.0 Å². The first kappa shape index (κ1) is 21.0. The van der Waals surface area contributed by atoms with Crippen molar-refractivity contribution in [1.29, 1.82) is 0 Å². The second-order valence-electron chi connectivity index (χ2n) is 4.95. The van der Waals surface area contributed by atoms with Gasteiger partial charge in [0.05, 0.1) is 0 Å². The lowest BCUT2D eigenvalue weighted by molar-refractivity contribution is 0.518. The van der Waals surface area contributed by atoms with E-state index in [0.717, 1.165) is 0 Å². The van der Waals surface area contributed by atoms with Crippen molar-refractivity contribution < 1.29 is 0 Å². The molecule has 0 aliphatic heterocycles. The largest absolute Gasteiger partial charge is 0.312 e. The first-order valence-corrected chi connectivity index (χ1v) is 5.77. The van der Waals surface area contributed by atoms with E-state index in [1.54, 1.807) is 0 Å². The molecule has 0 heterocycles. The zero-order valence-electron chi connectivity index (χ0n) is 12.0. The Labute approximate surface area is 113 Å². The van der Waals surface area contributed by atoms with Gasteiger partial charge in [-0.15, -0.1) is 0 Å². The van der Waals surface area contributed by atoms with Gasteiger partial charge in [0.25, 0.3) is 0 Å². The Kier molecular flexibility index (Phi) is 17.9. The summed E-state index contributed by atoms with van der Waals surface area (Å²) in [7, 11) is 0. The standard InChI is InChI=1S/2C6H15N.Mg/c2*1-5(2)7-6(3)4;/h2*5-7H,1-4H3;. The van der Waals surface area contributed by atoms with Gasteiger partial charge in [0.15, 0.2) is 0 Å². The summed E-state index contributed by atoms with van der Waals surface area (Å²) in [5.74, 6) is 0. The Morgan fingerprint density at radius 1 is 0.467 bits per heavy atom. The molecule has 2 nitrogen and oxygen atoms in total. The van der Waals surface area contributed by atoms with Gasteiger partial charge >= 0.3 is 0 Å². The van der Waals surface area contributed by atoms with Gasteiger partial charge in [-0.1, -0.05) is 55.4 Å². The van der Waals surface area contributed by atoms with Crippen molar-refractivity contribution in [1.82, 2.24) is 10.6 Å². The van der Waals surface area contributed by atoms with Crippen LogP contribution in [0.5, 0.6) is 0 Å². The summed E-state index contributed by atoms with van der Waals surface area (Å²) in [6.07, 6.45) is 0. The molecule has 3 heteroatoms. The summed E-state index contributed by atoms with van der Waals surface area (Å²) in [5.41, 5.74) is 0. The summed E-state index contributed by atoms with van der Waals surface area (Å²) in [6.45, 7) is 17.2. The molecule has 0 rings (SSSR count). The predicted octanol–water partition coefficient (Wildman–Crippen LogP) is 2.40. The van der Waals surface area contributed by atoms with E-state index in [0.29, 0.717) is 24.2 Å². The van der Waals surface area contributed by atoms with Crippen LogP contribution in [-0.4, -0.2) is 47.2 Å². The van der Waals surface area contributed by atoms with Crippen molar-refractivity contribution in [3.05, 3.63) is 0 Å². The van der Waals surface area contributed by atoms with Crippen molar-refractivity contribution in [3.63, 3.8) is 0 Å². The maximum atomic E-state index is 3.31. The van der Waals surface area contributed by atoms with Crippen LogP contribution in [0.4, 0.5) is 0 Å². The van der Waals surface area contributed by atoms with Crippen molar-refractivity contribution >= 4 is 23.1 Å². The molecule has 0 saturated heterocycles. The summed E-state index contributed by atoms with van der Waals surface area (Å²) in [5, 5.41) is 6.61. The SMILES string of the molecule is CC(C)NC(C)C.CC(C)NC(C)C.[Mg]. The quantitative estimate of drug-likeness (QED) is 0.720. The molecule has 2 radical (unpaired) electrons. The number of nitrogens with one attached hydrogen (secondary N) is 2. The van der Waals surface area contributed by atoms with Gasteiger partial charge in [-0.3, -0.25) is 0 Å².